The van der Waals surface area contributed by atoms with Crippen molar-refractivity contribution in [3.05, 3.63) is 243 Å². The minimum absolute atomic E-state index is 1.07. The number of nitrogens with zero attached hydrogens (tertiary/aromatic N) is 2. The SMILES string of the molecule is c1ccc(-c2cccc(N(c3ccc(-c4ccccc4-c4cccc5c4[nH]c4ccccc45)cc3)c3ccccc3-c3ccccc3-n3c4ccccc4c4ccccc43)c2)cc1. The standard InChI is InChI=1S/C60H41N3/c1-2-18-41(19-3-1)43-20-16-21-45(40-43)62(44-38-36-42(37-39-44)46-22-4-5-23-47(46)53-29-17-30-54-48-24-6-11-31-55(48)61-60(53)54)56-32-12-7-25-49(56)50-26-8-13-33-57(50)63-58-34-14-9-27-51(58)52-28-10-15-35-59(52)63/h1-40,61H. The number of aromatic amines is 1. The van der Waals surface area contributed by atoms with E-state index in [1.165, 1.54) is 54.8 Å². The van der Waals surface area contributed by atoms with Gasteiger partial charge in [-0.2, -0.15) is 0 Å². The monoisotopic (exact) mass is 803 g/mol. The van der Waals surface area contributed by atoms with Gasteiger partial charge in [-0.05, 0) is 82.4 Å². The Morgan fingerprint density at radius 3 is 1.65 bits per heavy atom. The molecule has 12 rings (SSSR count). The minimum atomic E-state index is 1.07. The van der Waals surface area contributed by atoms with Crippen LogP contribution in [0.1, 0.15) is 0 Å². The number of rotatable bonds is 8. The van der Waals surface area contributed by atoms with Crippen LogP contribution < -0.4 is 4.90 Å². The topological polar surface area (TPSA) is 24.0 Å². The molecule has 1 N–H and O–H groups in total. The lowest BCUT2D eigenvalue weighted by molar-refractivity contribution is 1.18. The van der Waals surface area contributed by atoms with Gasteiger partial charge in [-0.15, -0.1) is 0 Å². The molecule has 0 unspecified atom stereocenters. The van der Waals surface area contributed by atoms with Crippen molar-refractivity contribution in [3.8, 4) is 50.2 Å². The lowest BCUT2D eigenvalue weighted by Crippen LogP contribution is -2.12. The second-order valence-corrected chi connectivity index (χ2v) is 16.1. The Labute approximate surface area is 366 Å². The molecule has 0 fully saturated rings. The molecule has 0 radical (unpaired) electrons. The van der Waals surface area contributed by atoms with Crippen LogP contribution in [0.3, 0.4) is 0 Å². The van der Waals surface area contributed by atoms with E-state index in [1.807, 2.05) is 0 Å². The van der Waals surface area contributed by atoms with E-state index >= 15 is 0 Å². The van der Waals surface area contributed by atoms with Gasteiger partial charge in [0.15, 0.2) is 0 Å². The highest BCUT2D eigenvalue weighted by Gasteiger charge is 2.22. The maximum Gasteiger partial charge on any atom is 0.0544 e. The third-order valence-electron chi connectivity index (χ3n) is 12.6. The van der Waals surface area contributed by atoms with E-state index in [4.69, 9.17) is 0 Å². The number of hydrogen-bond donors (Lipinski definition) is 1. The van der Waals surface area contributed by atoms with E-state index in [-0.39, 0.29) is 0 Å². The van der Waals surface area contributed by atoms with Crippen molar-refractivity contribution in [2.45, 2.75) is 0 Å². The zero-order chi connectivity index (χ0) is 41.7. The number of hydrogen-bond acceptors (Lipinski definition) is 1. The molecule has 10 aromatic carbocycles. The van der Waals surface area contributed by atoms with Crippen LogP contribution >= 0.6 is 0 Å². The summed E-state index contributed by atoms with van der Waals surface area (Å²) in [5.41, 5.74) is 18.4. The summed E-state index contributed by atoms with van der Waals surface area (Å²) in [7, 11) is 0. The fourth-order valence-electron chi connectivity index (χ4n) is 9.71. The van der Waals surface area contributed by atoms with Gasteiger partial charge in [0.2, 0.25) is 0 Å². The first-order valence-corrected chi connectivity index (χ1v) is 21.6. The molecule has 0 spiro atoms. The molecule has 3 heteroatoms. The second kappa shape index (κ2) is 15.3. The van der Waals surface area contributed by atoms with Gasteiger partial charge < -0.3 is 14.5 Å². The smallest absolute Gasteiger partial charge is 0.0544 e. The van der Waals surface area contributed by atoms with E-state index < -0.39 is 0 Å². The molecule has 0 aliphatic rings. The Hall–Kier alpha value is -8.40. The Morgan fingerprint density at radius 2 is 0.873 bits per heavy atom. The lowest BCUT2D eigenvalue weighted by Gasteiger charge is -2.29. The van der Waals surface area contributed by atoms with E-state index in [1.54, 1.807) is 0 Å². The fraction of sp³-hybridized carbons (Fsp3) is 0. The van der Waals surface area contributed by atoms with Crippen molar-refractivity contribution in [2.75, 3.05) is 4.90 Å². The maximum atomic E-state index is 3.74. The predicted octanol–water partition coefficient (Wildman–Crippen LogP) is 16.6. The molecule has 0 bridgehead atoms. The van der Waals surface area contributed by atoms with Crippen LogP contribution in [0.2, 0.25) is 0 Å². The molecule has 0 atom stereocenters. The van der Waals surface area contributed by atoms with Gasteiger partial charge in [-0.3, -0.25) is 0 Å². The summed E-state index contributed by atoms with van der Waals surface area (Å²) in [5, 5.41) is 4.97. The van der Waals surface area contributed by atoms with Gasteiger partial charge in [-0.1, -0.05) is 188 Å². The van der Waals surface area contributed by atoms with E-state index in [2.05, 4.69) is 257 Å². The van der Waals surface area contributed by atoms with Crippen LogP contribution in [0, 0.1) is 0 Å². The first-order valence-electron chi connectivity index (χ1n) is 21.6. The van der Waals surface area contributed by atoms with Crippen molar-refractivity contribution < 1.29 is 0 Å². The van der Waals surface area contributed by atoms with Crippen molar-refractivity contribution in [1.82, 2.24) is 9.55 Å². The maximum absolute atomic E-state index is 3.74. The summed E-state index contributed by atoms with van der Waals surface area (Å²) in [6.45, 7) is 0. The zero-order valence-corrected chi connectivity index (χ0v) is 34.5. The van der Waals surface area contributed by atoms with E-state index in [0.717, 1.165) is 56.0 Å². The number of para-hydroxylation sites is 6. The normalized spacial score (nSPS) is 11.5. The van der Waals surface area contributed by atoms with Crippen molar-refractivity contribution in [2.24, 2.45) is 0 Å². The van der Waals surface area contributed by atoms with Crippen LogP contribution in [0.4, 0.5) is 17.1 Å². The molecule has 0 aliphatic carbocycles. The number of nitrogens with one attached hydrogen (secondary N) is 1. The predicted molar refractivity (Wildman–Crippen MR) is 267 cm³/mol. The van der Waals surface area contributed by atoms with Crippen LogP contribution in [-0.4, -0.2) is 9.55 Å². The molecular weight excluding hydrogens is 763 g/mol. The Morgan fingerprint density at radius 1 is 0.317 bits per heavy atom. The first-order chi connectivity index (χ1) is 31.3. The second-order valence-electron chi connectivity index (χ2n) is 16.1. The summed E-state index contributed by atoms with van der Waals surface area (Å²) in [4.78, 5) is 6.16. The van der Waals surface area contributed by atoms with Crippen LogP contribution in [0.25, 0.3) is 93.8 Å². The largest absolute Gasteiger partial charge is 0.354 e. The van der Waals surface area contributed by atoms with Crippen LogP contribution in [0.15, 0.2) is 243 Å². The molecule has 0 saturated heterocycles. The Kier molecular flexibility index (Phi) is 8.83. The van der Waals surface area contributed by atoms with Gasteiger partial charge in [0, 0.05) is 55.1 Å². The summed E-state index contributed by atoms with van der Waals surface area (Å²) in [6, 6.07) is 87.8. The van der Waals surface area contributed by atoms with Gasteiger partial charge in [0.1, 0.15) is 0 Å². The van der Waals surface area contributed by atoms with Gasteiger partial charge >= 0.3 is 0 Å². The molecule has 63 heavy (non-hydrogen) atoms. The average Bonchev–Trinajstić information content (AvgIpc) is 3.91. The summed E-state index contributed by atoms with van der Waals surface area (Å²) < 4.78 is 2.43. The summed E-state index contributed by atoms with van der Waals surface area (Å²) in [6.07, 6.45) is 0. The summed E-state index contributed by atoms with van der Waals surface area (Å²) >= 11 is 0. The number of benzene rings is 10. The highest BCUT2D eigenvalue weighted by Crippen LogP contribution is 2.46. The Balaban J connectivity index is 1.03. The van der Waals surface area contributed by atoms with E-state index in [9.17, 15) is 0 Å². The first kappa shape index (κ1) is 36.5. The number of anilines is 3. The molecule has 2 aromatic heterocycles. The quantitative estimate of drug-likeness (QED) is 0.163. The van der Waals surface area contributed by atoms with Crippen LogP contribution in [-0.2, 0) is 0 Å². The van der Waals surface area contributed by atoms with Gasteiger partial charge in [0.05, 0.1) is 27.9 Å². The minimum Gasteiger partial charge on any atom is -0.354 e. The zero-order valence-electron chi connectivity index (χ0n) is 34.5. The third kappa shape index (κ3) is 6.21. The summed E-state index contributed by atoms with van der Waals surface area (Å²) in [5.74, 6) is 0. The van der Waals surface area contributed by atoms with Gasteiger partial charge in [0.25, 0.3) is 0 Å². The molecule has 12 aromatic rings. The molecule has 0 saturated carbocycles. The molecule has 0 amide bonds. The van der Waals surface area contributed by atoms with Gasteiger partial charge in [-0.25, -0.2) is 0 Å². The lowest BCUT2D eigenvalue weighted by atomic mass is 9.93. The highest BCUT2D eigenvalue weighted by molar-refractivity contribution is 6.13. The number of aromatic nitrogens is 2. The number of H-pyrrole nitrogens is 1. The molecular formula is C60H41N3. The molecule has 0 aliphatic heterocycles. The third-order valence-corrected chi connectivity index (χ3v) is 12.6. The highest BCUT2D eigenvalue weighted by atomic mass is 15.1. The fourth-order valence-corrected chi connectivity index (χ4v) is 9.71. The number of fused-ring (bicyclic) bond motifs is 6. The average molecular weight is 804 g/mol. The molecule has 296 valence electrons. The van der Waals surface area contributed by atoms with Crippen LogP contribution in [0.5, 0.6) is 0 Å². The van der Waals surface area contributed by atoms with Crippen molar-refractivity contribution in [3.63, 3.8) is 0 Å². The van der Waals surface area contributed by atoms with Crippen molar-refractivity contribution >= 4 is 60.7 Å². The molecule has 3 nitrogen and oxygen atoms in total. The van der Waals surface area contributed by atoms with E-state index in [0.29, 0.717) is 0 Å². The molecule has 2 heterocycles. The Bertz CT molecular complexity index is 3580. The van der Waals surface area contributed by atoms with Crippen molar-refractivity contribution in [1.29, 1.82) is 0 Å².